The van der Waals surface area contributed by atoms with Crippen LogP contribution in [0.15, 0.2) is 29.6 Å². The van der Waals surface area contributed by atoms with E-state index < -0.39 is 0 Å². The van der Waals surface area contributed by atoms with E-state index in [-0.39, 0.29) is 5.56 Å². The topological polar surface area (TPSA) is 90.0 Å². The van der Waals surface area contributed by atoms with Crippen molar-refractivity contribution in [2.45, 2.75) is 18.9 Å². The predicted octanol–water partition coefficient (Wildman–Crippen LogP) is 0.707. The van der Waals surface area contributed by atoms with Gasteiger partial charge in [0.2, 0.25) is 0 Å². The van der Waals surface area contributed by atoms with Crippen LogP contribution in [0.5, 0.6) is 0 Å². The molecule has 3 rings (SSSR count). The summed E-state index contributed by atoms with van der Waals surface area (Å²) in [5.41, 5.74) is -0.134. The van der Waals surface area contributed by atoms with Crippen LogP contribution in [0.25, 0.3) is 0 Å². The number of nitrogens with one attached hydrogen (secondary N) is 2. The molecule has 3 heterocycles. The van der Waals surface area contributed by atoms with Gasteiger partial charge >= 0.3 is 0 Å². The number of rotatable bonds is 4. The molecule has 0 unspecified atom stereocenters. The van der Waals surface area contributed by atoms with Crippen molar-refractivity contribution in [1.29, 1.82) is 0 Å². The van der Waals surface area contributed by atoms with Crippen molar-refractivity contribution in [2.24, 2.45) is 0 Å². The van der Waals surface area contributed by atoms with E-state index in [1.807, 2.05) is 30.0 Å². The molecule has 0 aliphatic carbocycles. The van der Waals surface area contributed by atoms with Crippen LogP contribution >= 0.6 is 0 Å². The van der Waals surface area contributed by atoms with Crippen molar-refractivity contribution in [1.82, 2.24) is 19.9 Å². The van der Waals surface area contributed by atoms with Crippen molar-refractivity contribution in [2.75, 3.05) is 42.3 Å². The molecule has 1 aliphatic rings. The highest BCUT2D eigenvalue weighted by Gasteiger charge is 2.22. The molecule has 0 saturated carbocycles. The van der Waals surface area contributed by atoms with Crippen LogP contribution in [-0.4, -0.2) is 53.2 Å². The number of H-pyrrole nitrogens is 1. The van der Waals surface area contributed by atoms with Gasteiger partial charge in [-0.3, -0.25) is 4.79 Å². The van der Waals surface area contributed by atoms with Gasteiger partial charge in [-0.05, 0) is 12.8 Å². The number of aromatic amines is 1. The molecule has 8 nitrogen and oxygen atoms in total. The van der Waals surface area contributed by atoms with E-state index in [1.165, 1.54) is 0 Å². The molecule has 0 amide bonds. The van der Waals surface area contributed by atoms with Crippen molar-refractivity contribution in [3.8, 4) is 0 Å². The van der Waals surface area contributed by atoms with Crippen LogP contribution in [0.2, 0.25) is 0 Å². The van der Waals surface area contributed by atoms with Crippen LogP contribution in [0, 0.1) is 0 Å². The number of hydrogen-bond donors (Lipinski definition) is 2. The summed E-state index contributed by atoms with van der Waals surface area (Å²) in [6.45, 7) is 1.59. The highest BCUT2D eigenvalue weighted by Crippen LogP contribution is 2.19. The first kappa shape index (κ1) is 15.3. The van der Waals surface area contributed by atoms with Gasteiger partial charge in [-0.1, -0.05) is 0 Å². The first-order valence-electron chi connectivity index (χ1n) is 7.68. The maximum Gasteiger partial charge on any atom is 0.290 e. The lowest BCUT2D eigenvalue weighted by atomic mass is 10.1. The molecule has 0 spiro atoms. The molecule has 2 aromatic heterocycles. The number of aromatic nitrogens is 4. The van der Waals surface area contributed by atoms with Crippen molar-refractivity contribution in [3.05, 3.63) is 35.1 Å². The summed E-state index contributed by atoms with van der Waals surface area (Å²) in [7, 11) is 3.91. The molecular weight excluding hydrogens is 294 g/mol. The second-order valence-corrected chi connectivity index (χ2v) is 5.80. The molecule has 23 heavy (non-hydrogen) atoms. The van der Waals surface area contributed by atoms with E-state index in [2.05, 4.69) is 25.3 Å². The van der Waals surface area contributed by atoms with Gasteiger partial charge in [0.05, 0.1) is 0 Å². The van der Waals surface area contributed by atoms with Gasteiger partial charge in [-0.2, -0.15) is 0 Å². The monoisotopic (exact) mass is 315 g/mol. The van der Waals surface area contributed by atoms with Gasteiger partial charge < -0.3 is 20.1 Å². The normalized spacial score (nSPS) is 15.5. The van der Waals surface area contributed by atoms with E-state index >= 15 is 0 Å². The molecule has 0 atom stereocenters. The predicted molar refractivity (Wildman–Crippen MR) is 90.1 cm³/mol. The molecule has 0 aromatic carbocycles. The number of anilines is 3. The Balaban J connectivity index is 1.60. The Morgan fingerprint density at radius 1 is 1.26 bits per heavy atom. The average molecular weight is 315 g/mol. The minimum Gasteiger partial charge on any atom is -0.367 e. The summed E-state index contributed by atoms with van der Waals surface area (Å²) in [5, 5.41) is 3.45. The van der Waals surface area contributed by atoms with Crippen molar-refractivity contribution >= 4 is 17.5 Å². The van der Waals surface area contributed by atoms with Gasteiger partial charge in [0.15, 0.2) is 5.82 Å². The minimum absolute atomic E-state index is 0.134. The van der Waals surface area contributed by atoms with Crippen molar-refractivity contribution in [3.63, 3.8) is 0 Å². The Hall–Kier alpha value is -2.64. The molecule has 8 heteroatoms. The molecule has 2 N–H and O–H groups in total. The van der Waals surface area contributed by atoms with Crippen LogP contribution in [0.1, 0.15) is 12.8 Å². The molecule has 0 radical (unpaired) electrons. The van der Waals surface area contributed by atoms with E-state index in [0.29, 0.717) is 11.9 Å². The fourth-order valence-electron chi connectivity index (χ4n) is 2.68. The van der Waals surface area contributed by atoms with Gasteiger partial charge in [-0.25, -0.2) is 15.0 Å². The van der Waals surface area contributed by atoms with Gasteiger partial charge in [0, 0.05) is 51.7 Å². The van der Waals surface area contributed by atoms with Gasteiger partial charge in [0.25, 0.3) is 5.56 Å². The van der Waals surface area contributed by atoms with Crippen LogP contribution in [0.4, 0.5) is 17.5 Å². The molecule has 1 aliphatic heterocycles. The maximum absolute atomic E-state index is 11.8. The Morgan fingerprint density at radius 2 is 2.04 bits per heavy atom. The van der Waals surface area contributed by atoms with E-state index in [0.717, 1.165) is 37.6 Å². The van der Waals surface area contributed by atoms with Crippen LogP contribution in [0.3, 0.4) is 0 Å². The van der Waals surface area contributed by atoms with Gasteiger partial charge in [-0.15, -0.1) is 0 Å². The molecule has 1 saturated heterocycles. The summed E-state index contributed by atoms with van der Waals surface area (Å²) in [6, 6.07) is 2.27. The first-order chi connectivity index (χ1) is 11.1. The summed E-state index contributed by atoms with van der Waals surface area (Å²) < 4.78 is 0. The Labute approximate surface area is 134 Å². The minimum atomic E-state index is -0.134. The quantitative estimate of drug-likeness (QED) is 0.858. The van der Waals surface area contributed by atoms with E-state index in [4.69, 9.17) is 0 Å². The zero-order valence-corrected chi connectivity index (χ0v) is 13.4. The Bertz CT molecular complexity index is 707. The zero-order chi connectivity index (χ0) is 16.2. The SMILES string of the molecule is CN(C)c1cc(NC2CCN(c3ncc[nH]c3=O)CC2)ncn1. The fourth-order valence-corrected chi connectivity index (χ4v) is 2.68. The van der Waals surface area contributed by atoms with E-state index in [1.54, 1.807) is 18.7 Å². The standard InChI is InChI=1S/C15H21N7O/c1-21(2)13-9-12(18-10-19-13)20-11-3-7-22(8-4-11)14-15(23)17-6-5-16-14/h5-6,9-11H,3-4,7-8H2,1-2H3,(H,17,23)(H,18,19,20). The Morgan fingerprint density at radius 3 is 2.74 bits per heavy atom. The average Bonchev–Trinajstić information content (AvgIpc) is 2.56. The molecule has 1 fully saturated rings. The number of nitrogens with zero attached hydrogens (tertiary/aromatic N) is 5. The number of hydrogen-bond acceptors (Lipinski definition) is 7. The third kappa shape index (κ3) is 3.58. The largest absolute Gasteiger partial charge is 0.367 e. The highest BCUT2D eigenvalue weighted by atomic mass is 16.1. The van der Waals surface area contributed by atoms with Gasteiger partial charge in [0.1, 0.15) is 18.0 Å². The third-order valence-electron chi connectivity index (χ3n) is 3.95. The van der Waals surface area contributed by atoms with E-state index in [9.17, 15) is 4.79 Å². The molecule has 0 bridgehead atoms. The smallest absolute Gasteiger partial charge is 0.290 e. The van der Waals surface area contributed by atoms with Crippen LogP contribution < -0.4 is 20.7 Å². The fraction of sp³-hybridized carbons (Fsp3) is 0.467. The summed E-state index contributed by atoms with van der Waals surface area (Å²) in [5.74, 6) is 2.21. The Kier molecular flexibility index (Phi) is 4.40. The summed E-state index contributed by atoms with van der Waals surface area (Å²) >= 11 is 0. The lowest BCUT2D eigenvalue weighted by molar-refractivity contribution is 0.521. The molecule has 2 aromatic rings. The van der Waals surface area contributed by atoms with Crippen molar-refractivity contribution < 1.29 is 0 Å². The zero-order valence-electron chi connectivity index (χ0n) is 13.4. The number of piperidine rings is 1. The lowest BCUT2D eigenvalue weighted by Gasteiger charge is -2.32. The van der Waals surface area contributed by atoms with Crippen LogP contribution in [-0.2, 0) is 0 Å². The second-order valence-electron chi connectivity index (χ2n) is 5.80. The lowest BCUT2D eigenvalue weighted by Crippen LogP contribution is -2.41. The molecular formula is C15H21N7O. The third-order valence-corrected chi connectivity index (χ3v) is 3.95. The molecule has 122 valence electrons. The second kappa shape index (κ2) is 6.64. The highest BCUT2D eigenvalue weighted by molar-refractivity contribution is 5.48. The summed E-state index contributed by atoms with van der Waals surface area (Å²) in [6.07, 6.45) is 6.59. The maximum atomic E-state index is 11.8. The summed E-state index contributed by atoms with van der Waals surface area (Å²) in [4.78, 5) is 31.1. The first-order valence-corrected chi connectivity index (χ1v) is 7.68.